The first kappa shape index (κ1) is 14.1. The summed E-state index contributed by atoms with van der Waals surface area (Å²) in [5, 5.41) is 10.5. The van der Waals surface area contributed by atoms with Gasteiger partial charge in [0.2, 0.25) is 0 Å². The number of allylic oxidation sites excluding steroid dienone is 1. The summed E-state index contributed by atoms with van der Waals surface area (Å²) in [6.45, 7) is 0. The highest BCUT2D eigenvalue weighted by Gasteiger charge is 2.07. The Morgan fingerprint density at radius 3 is 2.20 bits per heavy atom. The zero-order valence-electron chi connectivity index (χ0n) is 10.3. The van der Waals surface area contributed by atoms with Gasteiger partial charge in [0.15, 0.2) is 5.78 Å². The summed E-state index contributed by atoms with van der Waals surface area (Å²) < 4.78 is 0.969. The average molecular weight is 332 g/mol. The van der Waals surface area contributed by atoms with Crippen molar-refractivity contribution in [2.75, 3.05) is 0 Å². The SMILES string of the molecule is O=C(/C=C\c1ccc(Br)cc1)c1ccc([N+](=O)[O-])cc1. The Hall–Kier alpha value is -2.27. The molecule has 0 unspecified atom stereocenters. The maximum Gasteiger partial charge on any atom is 0.269 e. The lowest BCUT2D eigenvalue weighted by Crippen LogP contribution is -1.95. The molecule has 0 radical (unpaired) electrons. The van der Waals surface area contributed by atoms with E-state index in [0.717, 1.165) is 10.0 Å². The first-order chi connectivity index (χ1) is 9.56. The minimum absolute atomic E-state index is 0.0292. The fourth-order valence-electron chi connectivity index (χ4n) is 1.59. The normalized spacial score (nSPS) is 10.7. The van der Waals surface area contributed by atoms with Crippen LogP contribution in [0.3, 0.4) is 0 Å². The maximum atomic E-state index is 11.9. The molecule has 2 rings (SSSR count). The lowest BCUT2D eigenvalue weighted by atomic mass is 10.1. The number of halogens is 1. The van der Waals surface area contributed by atoms with E-state index in [0.29, 0.717) is 5.56 Å². The van der Waals surface area contributed by atoms with Gasteiger partial charge in [0, 0.05) is 22.2 Å². The highest BCUT2D eigenvalue weighted by Crippen LogP contribution is 2.14. The second-order valence-corrected chi connectivity index (χ2v) is 4.97. The minimum atomic E-state index is -0.494. The second kappa shape index (κ2) is 6.25. The number of hydrogen-bond acceptors (Lipinski definition) is 3. The van der Waals surface area contributed by atoms with Crippen LogP contribution in [-0.2, 0) is 0 Å². The third kappa shape index (κ3) is 3.61. The molecule has 0 aliphatic rings. The van der Waals surface area contributed by atoms with Gasteiger partial charge in [-0.1, -0.05) is 34.1 Å². The predicted molar refractivity (Wildman–Crippen MR) is 80.6 cm³/mol. The maximum absolute atomic E-state index is 11.9. The van der Waals surface area contributed by atoms with E-state index in [4.69, 9.17) is 0 Å². The van der Waals surface area contributed by atoms with Crippen molar-refractivity contribution < 1.29 is 9.72 Å². The molecule has 0 fully saturated rings. The van der Waals surface area contributed by atoms with Crippen LogP contribution in [0.25, 0.3) is 6.08 Å². The Bertz CT molecular complexity index is 661. The van der Waals surface area contributed by atoms with E-state index in [1.54, 1.807) is 6.08 Å². The summed E-state index contributed by atoms with van der Waals surface area (Å²) in [6.07, 6.45) is 3.15. The number of carbonyl (C=O) groups is 1. The van der Waals surface area contributed by atoms with Gasteiger partial charge in [-0.05, 0) is 35.9 Å². The quantitative estimate of drug-likeness (QED) is 0.364. The molecule has 0 aliphatic carbocycles. The number of nitrogens with zero attached hydrogens (tertiary/aromatic N) is 1. The Morgan fingerprint density at radius 2 is 1.65 bits per heavy atom. The van der Waals surface area contributed by atoms with Crippen LogP contribution in [0.15, 0.2) is 59.1 Å². The van der Waals surface area contributed by atoms with Gasteiger partial charge in [0.05, 0.1) is 4.92 Å². The van der Waals surface area contributed by atoms with Gasteiger partial charge >= 0.3 is 0 Å². The van der Waals surface area contributed by atoms with Crippen LogP contribution in [0.2, 0.25) is 0 Å². The number of benzene rings is 2. The average Bonchev–Trinajstić information content (AvgIpc) is 2.46. The van der Waals surface area contributed by atoms with Gasteiger partial charge in [-0.15, -0.1) is 0 Å². The molecule has 0 heterocycles. The molecule has 0 aromatic heterocycles. The van der Waals surface area contributed by atoms with Gasteiger partial charge in [-0.3, -0.25) is 14.9 Å². The van der Waals surface area contributed by atoms with E-state index in [2.05, 4.69) is 15.9 Å². The molecule has 100 valence electrons. The summed E-state index contributed by atoms with van der Waals surface area (Å²) in [5.74, 6) is -0.192. The molecule has 0 saturated heterocycles. The number of rotatable bonds is 4. The Labute approximate surface area is 124 Å². The Kier molecular flexibility index (Phi) is 4.42. The molecule has 0 spiro atoms. The molecule has 0 aliphatic heterocycles. The van der Waals surface area contributed by atoms with E-state index in [1.165, 1.54) is 30.3 Å². The number of hydrogen-bond donors (Lipinski definition) is 0. The summed E-state index contributed by atoms with van der Waals surface area (Å²) in [7, 11) is 0. The second-order valence-electron chi connectivity index (χ2n) is 4.05. The lowest BCUT2D eigenvalue weighted by molar-refractivity contribution is -0.384. The van der Waals surface area contributed by atoms with Crippen LogP contribution in [-0.4, -0.2) is 10.7 Å². The van der Waals surface area contributed by atoms with Crippen molar-refractivity contribution in [3.05, 3.63) is 80.3 Å². The van der Waals surface area contributed by atoms with Crippen LogP contribution in [0.1, 0.15) is 15.9 Å². The molecule has 0 bridgehead atoms. The third-order valence-electron chi connectivity index (χ3n) is 2.66. The molecule has 5 heteroatoms. The first-order valence-electron chi connectivity index (χ1n) is 5.79. The van der Waals surface area contributed by atoms with Gasteiger partial charge in [0.25, 0.3) is 5.69 Å². The molecule has 4 nitrogen and oxygen atoms in total. The number of carbonyl (C=O) groups excluding carboxylic acids is 1. The predicted octanol–water partition coefficient (Wildman–Crippen LogP) is 4.25. The monoisotopic (exact) mass is 331 g/mol. The van der Waals surface area contributed by atoms with Crippen LogP contribution in [0, 0.1) is 10.1 Å². The van der Waals surface area contributed by atoms with Gasteiger partial charge in [-0.2, -0.15) is 0 Å². The summed E-state index contributed by atoms with van der Waals surface area (Å²) >= 11 is 3.33. The number of nitro benzene ring substituents is 1. The van der Waals surface area contributed by atoms with Crippen LogP contribution in [0.4, 0.5) is 5.69 Å². The first-order valence-corrected chi connectivity index (χ1v) is 6.58. The van der Waals surface area contributed by atoms with Gasteiger partial charge < -0.3 is 0 Å². The van der Waals surface area contributed by atoms with E-state index in [-0.39, 0.29) is 11.5 Å². The van der Waals surface area contributed by atoms with E-state index in [1.807, 2.05) is 24.3 Å². The van der Waals surface area contributed by atoms with Crippen molar-refractivity contribution in [1.29, 1.82) is 0 Å². The molecular weight excluding hydrogens is 322 g/mol. The van der Waals surface area contributed by atoms with Crippen molar-refractivity contribution >= 4 is 33.5 Å². The molecule has 0 saturated carbocycles. The Morgan fingerprint density at radius 1 is 1.05 bits per heavy atom. The third-order valence-corrected chi connectivity index (χ3v) is 3.19. The van der Waals surface area contributed by atoms with Gasteiger partial charge in [-0.25, -0.2) is 0 Å². The largest absolute Gasteiger partial charge is 0.289 e. The number of non-ortho nitro benzene ring substituents is 1. The zero-order chi connectivity index (χ0) is 14.5. The number of nitro groups is 1. The number of ketones is 1. The van der Waals surface area contributed by atoms with Crippen molar-refractivity contribution in [1.82, 2.24) is 0 Å². The molecule has 20 heavy (non-hydrogen) atoms. The minimum Gasteiger partial charge on any atom is -0.289 e. The van der Waals surface area contributed by atoms with Crippen molar-refractivity contribution in [2.45, 2.75) is 0 Å². The van der Waals surface area contributed by atoms with Crippen molar-refractivity contribution in [3.63, 3.8) is 0 Å². The highest BCUT2D eigenvalue weighted by molar-refractivity contribution is 9.10. The van der Waals surface area contributed by atoms with E-state index >= 15 is 0 Å². The summed E-state index contributed by atoms with van der Waals surface area (Å²) in [5.41, 5.74) is 1.30. The molecule has 0 N–H and O–H groups in total. The Balaban J connectivity index is 2.11. The smallest absolute Gasteiger partial charge is 0.269 e. The van der Waals surface area contributed by atoms with Crippen LogP contribution in [0.5, 0.6) is 0 Å². The molecule has 0 atom stereocenters. The van der Waals surface area contributed by atoms with Crippen molar-refractivity contribution in [3.8, 4) is 0 Å². The topological polar surface area (TPSA) is 60.2 Å². The highest BCUT2D eigenvalue weighted by atomic mass is 79.9. The molecule has 2 aromatic carbocycles. The fourth-order valence-corrected chi connectivity index (χ4v) is 1.85. The molecule has 0 amide bonds. The molecular formula is C15H10BrNO3. The zero-order valence-corrected chi connectivity index (χ0v) is 11.9. The fraction of sp³-hybridized carbons (Fsp3) is 0. The molecule has 2 aromatic rings. The lowest BCUT2D eigenvalue weighted by Gasteiger charge is -1.96. The summed E-state index contributed by atoms with van der Waals surface area (Å²) in [6, 6.07) is 13.1. The standard InChI is InChI=1S/C15H10BrNO3/c16-13-6-1-11(2-7-13)3-10-15(18)12-4-8-14(9-5-12)17(19)20/h1-10H/b10-3-. The van der Waals surface area contributed by atoms with Crippen LogP contribution >= 0.6 is 15.9 Å². The van der Waals surface area contributed by atoms with E-state index < -0.39 is 4.92 Å². The van der Waals surface area contributed by atoms with Crippen LogP contribution < -0.4 is 0 Å². The van der Waals surface area contributed by atoms with E-state index in [9.17, 15) is 14.9 Å². The summed E-state index contributed by atoms with van der Waals surface area (Å²) in [4.78, 5) is 21.9. The van der Waals surface area contributed by atoms with Crippen molar-refractivity contribution in [2.24, 2.45) is 0 Å². The van der Waals surface area contributed by atoms with Gasteiger partial charge in [0.1, 0.15) is 0 Å².